The summed E-state index contributed by atoms with van der Waals surface area (Å²) in [5.41, 5.74) is 2.83. The summed E-state index contributed by atoms with van der Waals surface area (Å²) in [4.78, 5) is 34.0. The van der Waals surface area contributed by atoms with E-state index in [1.54, 1.807) is 37.4 Å². The Labute approximate surface area is 220 Å². The monoisotopic (exact) mass is 532 g/mol. The molecule has 0 radical (unpaired) electrons. The third-order valence-corrected chi connectivity index (χ3v) is 7.86. The van der Waals surface area contributed by atoms with Crippen LogP contribution < -0.4 is 19.8 Å². The lowest BCUT2D eigenvalue weighted by molar-refractivity contribution is 0.0971. The van der Waals surface area contributed by atoms with Gasteiger partial charge in [0.2, 0.25) is 5.76 Å². The molecule has 2 aromatic heterocycles. The van der Waals surface area contributed by atoms with Crippen molar-refractivity contribution in [3.63, 3.8) is 0 Å². The Balaban J connectivity index is 1.62. The molecule has 0 aliphatic carbocycles. The fraction of sp³-hybridized carbons (Fsp3) is 0.179. The van der Waals surface area contributed by atoms with Crippen molar-refractivity contribution < 1.29 is 18.7 Å². The molecule has 0 unspecified atom stereocenters. The van der Waals surface area contributed by atoms with Crippen LogP contribution in [0.5, 0.6) is 11.5 Å². The van der Waals surface area contributed by atoms with Crippen LogP contribution in [0.4, 0.5) is 5.13 Å². The summed E-state index contributed by atoms with van der Waals surface area (Å²) in [5.74, 6) is 0.573. The van der Waals surface area contributed by atoms with E-state index in [9.17, 15) is 9.59 Å². The average molecular weight is 533 g/mol. The van der Waals surface area contributed by atoms with E-state index in [4.69, 9.17) is 30.5 Å². The summed E-state index contributed by atoms with van der Waals surface area (Å²) in [7, 11) is 3.09. The molecule has 3 aromatic carbocycles. The van der Waals surface area contributed by atoms with Crippen molar-refractivity contribution in [2.75, 3.05) is 19.1 Å². The molecule has 7 nitrogen and oxygen atoms in total. The van der Waals surface area contributed by atoms with E-state index in [2.05, 4.69) is 13.0 Å². The van der Waals surface area contributed by atoms with Crippen molar-refractivity contribution >= 4 is 55.2 Å². The van der Waals surface area contributed by atoms with Crippen molar-refractivity contribution in [1.82, 2.24) is 4.98 Å². The van der Waals surface area contributed by atoms with E-state index in [0.717, 1.165) is 16.6 Å². The van der Waals surface area contributed by atoms with Crippen LogP contribution in [-0.4, -0.2) is 25.1 Å². The van der Waals surface area contributed by atoms with Crippen LogP contribution >= 0.6 is 22.9 Å². The van der Waals surface area contributed by atoms with E-state index in [1.165, 1.54) is 28.9 Å². The highest BCUT2D eigenvalue weighted by Gasteiger charge is 2.45. The summed E-state index contributed by atoms with van der Waals surface area (Å²) in [6.45, 7) is 2.09. The van der Waals surface area contributed by atoms with Gasteiger partial charge in [0.05, 0.1) is 41.4 Å². The number of aromatic nitrogens is 1. The summed E-state index contributed by atoms with van der Waals surface area (Å²) in [6, 6.07) is 15.4. The number of thiazole rings is 1. The molecule has 1 amide bonds. The first-order valence-corrected chi connectivity index (χ1v) is 12.8. The lowest BCUT2D eigenvalue weighted by Crippen LogP contribution is -2.29. The highest BCUT2D eigenvalue weighted by Crippen LogP contribution is 2.45. The fourth-order valence-electron chi connectivity index (χ4n) is 4.76. The second kappa shape index (κ2) is 8.90. The quantitative estimate of drug-likeness (QED) is 0.261. The van der Waals surface area contributed by atoms with Gasteiger partial charge >= 0.3 is 0 Å². The van der Waals surface area contributed by atoms with Gasteiger partial charge in [-0.15, -0.1) is 0 Å². The minimum atomic E-state index is -0.784. The van der Waals surface area contributed by atoms with Crippen molar-refractivity contribution in [3.8, 4) is 11.5 Å². The zero-order valence-electron chi connectivity index (χ0n) is 20.2. The number of methoxy groups -OCH3 is 2. The van der Waals surface area contributed by atoms with Crippen molar-refractivity contribution in [1.29, 1.82) is 0 Å². The van der Waals surface area contributed by atoms with Crippen LogP contribution in [-0.2, 0) is 6.42 Å². The maximum atomic E-state index is 13.9. The number of hydrogen-bond acceptors (Lipinski definition) is 7. The molecule has 186 valence electrons. The molecule has 9 heteroatoms. The van der Waals surface area contributed by atoms with E-state index in [0.29, 0.717) is 38.2 Å². The third kappa shape index (κ3) is 3.67. The first-order valence-electron chi connectivity index (χ1n) is 11.6. The molecule has 1 aliphatic heterocycles. The normalized spacial score (nSPS) is 15.0. The van der Waals surface area contributed by atoms with Gasteiger partial charge in [-0.25, -0.2) is 4.98 Å². The highest BCUT2D eigenvalue weighted by molar-refractivity contribution is 7.22. The Morgan fingerprint density at radius 2 is 1.84 bits per heavy atom. The number of aryl methyl sites for hydroxylation is 1. The second-order valence-corrected chi connectivity index (χ2v) is 10.1. The maximum absolute atomic E-state index is 13.9. The molecule has 5 aromatic rings. The molecule has 0 spiro atoms. The standard InChI is InChI=1S/C28H21ClN2O5S/c1-4-14-5-8-18-22(11-14)37-28(30-18)31-24(15-6-9-20(34-2)21(12-15)35-3)23-25(32)17-13-16(29)7-10-19(17)36-26(23)27(31)33/h5-13,24H,4H2,1-3H3/t24-/m1/s1. The maximum Gasteiger partial charge on any atom is 0.297 e. The molecule has 0 saturated carbocycles. The molecular weight excluding hydrogens is 512 g/mol. The minimum Gasteiger partial charge on any atom is -0.493 e. The zero-order chi connectivity index (χ0) is 25.8. The van der Waals surface area contributed by atoms with Gasteiger partial charge in [-0.05, 0) is 60.0 Å². The summed E-state index contributed by atoms with van der Waals surface area (Å²) in [5, 5.41) is 1.19. The van der Waals surface area contributed by atoms with Crippen LogP contribution in [0.15, 0.2) is 63.8 Å². The Morgan fingerprint density at radius 3 is 2.59 bits per heavy atom. The van der Waals surface area contributed by atoms with Gasteiger partial charge in [0.1, 0.15) is 5.58 Å². The predicted molar refractivity (Wildman–Crippen MR) is 145 cm³/mol. The first kappa shape index (κ1) is 23.5. The molecule has 37 heavy (non-hydrogen) atoms. The first-order chi connectivity index (χ1) is 17.9. The molecule has 0 bridgehead atoms. The van der Waals surface area contributed by atoms with Crippen LogP contribution in [0.2, 0.25) is 5.02 Å². The smallest absolute Gasteiger partial charge is 0.297 e. The lowest BCUT2D eigenvalue weighted by Gasteiger charge is -2.23. The van der Waals surface area contributed by atoms with Crippen LogP contribution in [0.3, 0.4) is 0 Å². The Kier molecular flexibility index (Phi) is 5.66. The summed E-state index contributed by atoms with van der Waals surface area (Å²) in [6.07, 6.45) is 0.888. The number of anilines is 1. The lowest BCUT2D eigenvalue weighted by atomic mass is 9.98. The zero-order valence-corrected chi connectivity index (χ0v) is 21.8. The van der Waals surface area contributed by atoms with Gasteiger partial charge in [0, 0.05) is 5.02 Å². The van der Waals surface area contributed by atoms with E-state index < -0.39 is 11.9 Å². The van der Waals surface area contributed by atoms with Crippen molar-refractivity contribution in [3.05, 3.63) is 92.3 Å². The molecule has 0 fully saturated rings. The number of fused-ring (bicyclic) bond motifs is 3. The van der Waals surface area contributed by atoms with Gasteiger partial charge in [0.15, 0.2) is 22.1 Å². The highest BCUT2D eigenvalue weighted by atomic mass is 35.5. The second-order valence-electron chi connectivity index (χ2n) is 8.66. The van der Waals surface area contributed by atoms with Crippen LogP contribution in [0.25, 0.3) is 21.2 Å². The summed E-state index contributed by atoms with van der Waals surface area (Å²) < 4.78 is 17.9. The van der Waals surface area contributed by atoms with Crippen molar-refractivity contribution in [2.24, 2.45) is 0 Å². The number of halogens is 1. The minimum absolute atomic E-state index is 0.00638. The number of hydrogen-bond donors (Lipinski definition) is 0. The summed E-state index contributed by atoms with van der Waals surface area (Å²) >= 11 is 7.59. The van der Waals surface area contributed by atoms with Gasteiger partial charge in [-0.3, -0.25) is 14.5 Å². The predicted octanol–water partition coefficient (Wildman–Crippen LogP) is 6.39. The van der Waals surface area contributed by atoms with E-state index in [-0.39, 0.29) is 16.8 Å². The molecule has 1 aliphatic rings. The van der Waals surface area contributed by atoms with Gasteiger partial charge < -0.3 is 13.9 Å². The number of carbonyl (C=O) groups excluding carboxylic acids is 1. The topological polar surface area (TPSA) is 81.9 Å². The van der Waals surface area contributed by atoms with Crippen molar-refractivity contribution in [2.45, 2.75) is 19.4 Å². The SMILES string of the molecule is CCc1ccc2nc(N3C(=O)c4oc5ccc(Cl)cc5c(=O)c4[C@H]3c3ccc(OC)c(OC)c3)sc2c1. The molecule has 1 atom stereocenters. The van der Waals surface area contributed by atoms with Crippen LogP contribution in [0, 0.1) is 0 Å². The largest absolute Gasteiger partial charge is 0.493 e. The van der Waals surface area contributed by atoms with Gasteiger partial charge in [0.25, 0.3) is 5.91 Å². The third-order valence-electron chi connectivity index (χ3n) is 6.61. The fourth-order valence-corrected chi connectivity index (χ4v) is 5.99. The van der Waals surface area contributed by atoms with Crippen LogP contribution in [0.1, 0.15) is 40.2 Å². The number of ether oxygens (including phenoxy) is 2. The van der Waals surface area contributed by atoms with Gasteiger partial charge in [-0.1, -0.05) is 42.0 Å². The molecule has 3 heterocycles. The number of carbonyl (C=O) groups is 1. The molecule has 6 rings (SSSR count). The number of nitrogens with zero attached hydrogens (tertiary/aromatic N) is 2. The number of amides is 1. The Hall–Kier alpha value is -3.88. The molecular formula is C28H21ClN2O5S. The Bertz CT molecular complexity index is 1780. The Morgan fingerprint density at radius 1 is 1.03 bits per heavy atom. The van der Waals surface area contributed by atoms with Gasteiger partial charge in [-0.2, -0.15) is 0 Å². The molecule has 0 saturated heterocycles. The number of rotatable bonds is 5. The number of benzene rings is 3. The van der Waals surface area contributed by atoms with E-state index >= 15 is 0 Å². The van der Waals surface area contributed by atoms with E-state index in [1.807, 2.05) is 18.2 Å². The average Bonchev–Trinajstić information content (AvgIpc) is 3.46. The molecule has 0 N–H and O–H groups in total.